The third-order valence-corrected chi connectivity index (χ3v) is 8.25. The summed E-state index contributed by atoms with van der Waals surface area (Å²) in [6, 6.07) is 0. The molecule has 0 radical (unpaired) electrons. The second-order valence-electron chi connectivity index (χ2n) is 10.0. The largest absolute Gasteiger partial charge is 0.343 e. The number of rotatable bonds is 4. The van der Waals surface area contributed by atoms with E-state index in [0.29, 0.717) is 17.2 Å². The number of hydrogen-bond acceptors (Lipinski definition) is 2. The standard InChI is InChI=1S/C23H40N2O/c26-22(25-14-4-5-15-25)18-20-8-10-23(11-9-20)12-16-24(17-13-23)19-21-6-2-1-3-7-21/h20-21H,1-19H2. The molecule has 2 saturated heterocycles. The van der Waals surface area contributed by atoms with E-state index in [0.717, 1.165) is 25.4 Å². The molecule has 148 valence electrons. The Hall–Kier alpha value is -0.570. The molecule has 2 aliphatic carbocycles. The van der Waals surface area contributed by atoms with Gasteiger partial charge >= 0.3 is 0 Å². The fraction of sp³-hybridized carbons (Fsp3) is 0.957. The van der Waals surface area contributed by atoms with Crippen LogP contribution in [-0.4, -0.2) is 48.4 Å². The lowest BCUT2D eigenvalue weighted by Gasteiger charge is -2.46. The van der Waals surface area contributed by atoms with Crippen LogP contribution in [0.25, 0.3) is 0 Å². The molecule has 0 unspecified atom stereocenters. The molecule has 4 rings (SSSR count). The fourth-order valence-corrected chi connectivity index (χ4v) is 6.28. The van der Waals surface area contributed by atoms with Crippen molar-refractivity contribution in [3.05, 3.63) is 0 Å². The number of likely N-dealkylation sites (tertiary alicyclic amines) is 2. The van der Waals surface area contributed by atoms with Gasteiger partial charge in [-0.25, -0.2) is 0 Å². The summed E-state index contributed by atoms with van der Waals surface area (Å²) in [5.41, 5.74) is 0.635. The zero-order valence-electron chi connectivity index (χ0n) is 16.9. The molecule has 3 nitrogen and oxygen atoms in total. The van der Waals surface area contributed by atoms with E-state index in [9.17, 15) is 4.79 Å². The van der Waals surface area contributed by atoms with E-state index in [1.165, 1.54) is 103 Å². The smallest absolute Gasteiger partial charge is 0.222 e. The Morgan fingerprint density at radius 3 is 2.04 bits per heavy atom. The van der Waals surface area contributed by atoms with Crippen LogP contribution in [0.4, 0.5) is 0 Å². The molecular formula is C23H40N2O. The summed E-state index contributed by atoms with van der Waals surface area (Å²) in [6.45, 7) is 6.10. The number of carbonyl (C=O) groups excluding carboxylic acids is 1. The number of hydrogen-bond donors (Lipinski definition) is 0. The summed E-state index contributed by atoms with van der Waals surface area (Å²) in [5.74, 6) is 2.12. The van der Waals surface area contributed by atoms with Crippen LogP contribution in [0.5, 0.6) is 0 Å². The molecule has 26 heavy (non-hydrogen) atoms. The van der Waals surface area contributed by atoms with Crippen molar-refractivity contribution in [3.8, 4) is 0 Å². The number of amides is 1. The van der Waals surface area contributed by atoms with E-state index in [-0.39, 0.29) is 0 Å². The van der Waals surface area contributed by atoms with Gasteiger partial charge in [0.2, 0.25) is 5.91 Å². The van der Waals surface area contributed by atoms with Crippen molar-refractivity contribution < 1.29 is 4.79 Å². The van der Waals surface area contributed by atoms with Crippen LogP contribution in [0.3, 0.4) is 0 Å². The van der Waals surface area contributed by atoms with Crippen molar-refractivity contribution in [2.75, 3.05) is 32.7 Å². The maximum atomic E-state index is 12.4. The Kier molecular flexibility index (Phi) is 6.23. The first-order valence-corrected chi connectivity index (χ1v) is 11.7. The topological polar surface area (TPSA) is 23.6 Å². The lowest BCUT2D eigenvalue weighted by atomic mass is 9.65. The van der Waals surface area contributed by atoms with Crippen LogP contribution in [0.2, 0.25) is 0 Å². The third-order valence-electron chi connectivity index (χ3n) is 8.25. The highest BCUT2D eigenvalue weighted by Crippen LogP contribution is 2.47. The summed E-state index contributed by atoms with van der Waals surface area (Å²) in [7, 11) is 0. The van der Waals surface area contributed by atoms with Crippen LogP contribution in [-0.2, 0) is 4.79 Å². The molecule has 2 saturated carbocycles. The first kappa shape index (κ1) is 18.8. The fourth-order valence-electron chi connectivity index (χ4n) is 6.28. The van der Waals surface area contributed by atoms with Crippen molar-refractivity contribution in [2.24, 2.45) is 17.3 Å². The molecule has 4 aliphatic rings. The van der Waals surface area contributed by atoms with E-state index < -0.39 is 0 Å². The summed E-state index contributed by atoms with van der Waals surface area (Å²) < 4.78 is 0. The van der Waals surface area contributed by atoms with Gasteiger partial charge in [-0.15, -0.1) is 0 Å². The molecule has 0 atom stereocenters. The number of piperidine rings is 1. The van der Waals surface area contributed by atoms with Gasteiger partial charge in [0.1, 0.15) is 0 Å². The first-order valence-electron chi connectivity index (χ1n) is 11.7. The van der Waals surface area contributed by atoms with Crippen LogP contribution >= 0.6 is 0 Å². The molecule has 0 aromatic carbocycles. The number of nitrogens with zero attached hydrogens (tertiary/aromatic N) is 2. The van der Waals surface area contributed by atoms with Crippen molar-refractivity contribution in [1.29, 1.82) is 0 Å². The third kappa shape index (κ3) is 4.64. The van der Waals surface area contributed by atoms with E-state index in [4.69, 9.17) is 0 Å². The van der Waals surface area contributed by atoms with Crippen molar-refractivity contribution in [1.82, 2.24) is 9.80 Å². The summed E-state index contributed by atoms with van der Waals surface area (Å²) >= 11 is 0. The SMILES string of the molecule is O=C(CC1CCC2(CC1)CCN(CC1CCCCC1)CC2)N1CCCC1. The summed E-state index contributed by atoms with van der Waals surface area (Å²) in [6.07, 6.45) is 18.9. The van der Waals surface area contributed by atoms with Gasteiger partial charge in [0, 0.05) is 26.1 Å². The normalized spacial score (nSPS) is 28.7. The second-order valence-corrected chi connectivity index (χ2v) is 10.0. The van der Waals surface area contributed by atoms with Crippen molar-refractivity contribution in [3.63, 3.8) is 0 Å². The molecule has 1 spiro atoms. The van der Waals surface area contributed by atoms with Crippen molar-refractivity contribution >= 4 is 5.91 Å². The summed E-state index contributed by atoms with van der Waals surface area (Å²) in [5, 5.41) is 0. The molecule has 2 heterocycles. The van der Waals surface area contributed by atoms with E-state index in [1.54, 1.807) is 0 Å². The van der Waals surface area contributed by atoms with Gasteiger partial charge in [-0.05, 0) is 94.5 Å². The van der Waals surface area contributed by atoms with Gasteiger partial charge in [0.25, 0.3) is 0 Å². The van der Waals surface area contributed by atoms with E-state index in [2.05, 4.69) is 9.80 Å². The molecule has 1 amide bonds. The Balaban J connectivity index is 1.18. The molecule has 0 N–H and O–H groups in total. The molecular weight excluding hydrogens is 320 g/mol. The highest BCUT2D eigenvalue weighted by atomic mass is 16.2. The maximum absolute atomic E-state index is 12.4. The van der Waals surface area contributed by atoms with Gasteiger partial charge in [-0.3, -0.25) is 4.79 Å². The van der Waals surface area contributed by atoms with Gasteiger partial charge in [0.15, 0.2) is 0 Å². The predicted octanol–water partition coefficient (Wildman–Crippen LogP) is 4.85. The Labute approximate surface area is 160 Å². The summed E-state index contributed by atoms with van der Waals surface area (Å²) in [4.78, 5) is 17.3. The minimum atomic E-state index is 0.450. The minimum Gasteiger partial charge on any atom is -0.343 e. The second kappa shape index (κ2) is 8.63. The van der Waals surface area contributed by atoms with E-state index in [1.807, 2.05) is 0 Å². The van der Waals surface area contributed by atoms with Crippen LogP contribution in [0, 0.1) is 17.3 Å². The number of carbonyl (C=O) groups is 1. The van der Waals surface area contributed by atoms with Gasteiger partial charge in [0.05, 0.1) is 0 Å². The van der Waals surface area contributed by atoms with E-state index >= 15 is 0 Å². The average Bonchev–Trinajstić information content (AvgIpc) is 3.22. The minimum absolute atomic E-state index is 0.450. The highest BCUT2D eigenvalue weighted by molar-refractivity contribution is 5.76. The predicted molar refractivity (Wildman–Crippen MR) is 107 cm³/mol. The van der Waals surface area contributed by atoms with Crippen LogP contribution < -0.4 is 0 Å². The molecule has 4 fully saturated rings. The maximum Gasteiger partial charge on any atom is 0.222 e. The molecule has 2 aliphatic heterocycles. The first-order chi connectivity index (χ1) is 12.7. The van der Waals surface area contributed by atoms with Gasteiger partial charge in [-0.2, -0.15) is 0 Å². The lowest BCUT2D eigenvalue weighted by Crippen LogP contribution is -2.44. The lowest BCUT2D eigenvalue weighted by molar-refractivity contribution is -0.131. The van der Waals surface area contributed by atoms with Crippen LogP contribution in [0.15, 0.2) is 0 Å². The van der Waals surface area contributed by atoms with Crippen molar-refractivity contribution in [2.45, 2.75) is 89.9 Å². The Bertz CT molecular complexity index is 447. The van der Waals surface area contributed by atoms with Gasteiger partial charge < -0.3 is 9.80 Å². The zero-order valence-corrected chi connectivity index (χ0v) is 16.9. The van der Waals surface area contributed by atoms with Crippen LogP contribution in [0.1, 0.15) is 89.9 Å². The molecule has 0 bridgehead atoms. The molecule has 0 aromatic heterocycles. The Morgan fingerprint density at radius 1 is 0.731 bits per heavy atom. The molecule has 3 heteroatoms. The Morgan fingerprint density at radius 2 is 1.38 bits per heavy atom. The molecule has 0 aromatic rings. The average molecular weight is 361 g/mol. The quantitative estimate of drug-likeness (QED) is 0.715. The monoisotopic (exact) mass is 360 g/mol. The van der Waals surface area contributed by atoms with Gasteiger partial charge in [-0.1, -0.05) is 19.3 Å². The zero-order chi connectivity index (χ0) is 17.8. The highest BCUT2D eigenvalue weighted by Gasteiger charge is 2.39.